The molecule has 1 N–H and O–H groups in total. The first-order chi connectivity index (χ1) is 25.0. The van der Waals surface area contributed by atoms with Crippen LogP contribution in [-0.2, 0) is 19.1 Å². The molecule has 1 fully saturated rings. The van der Waals surface area contributed by atoms with E-state index in [0.717, 1.165) is 77.4 Å². The number of esters is 2. The van der Waals surface area contributed by atoms with Crippen LogP contribution in [0.25, 0.3) is 0 Å². The quantitative estimate of drug-likeness (QED) is 0.0508. The number of carbonyl (C=O) groups is 2. The Balaban J connectivity index is 2.28. The summed E-state index contributed by atoms with van der Waals surface area (Å²) in [4.78, 5) is 27.6. The number of hydrogen-bond donors (Lipinski definition) is 1. The molecule has 1 aliphatic heterocycles. The van der Waals surface area contributed by atoms with Crippen LogP contribution in [0.5, 0.6) is 0 Å². The summed E-state index contributed by atoms with van der Waals surface area (Å²) in [5, 5.41) is 9.63. The minimum atomic E-state index is -0.0381. The number of piperidine rings is 1. The van der Waals surface area contributed by atoms with Gasteiger partial charge in [0.1, 0.15) is 6.10 Å². The minimum Gasteiger partial charge on any atom is -0.466 e. The van der Waals surface area contributed by atoms with Crippen LogP contribution in [0.3, 0.4) is 0 Å². The van der Waals surface area contributed by atoms with Gasteiger partial charge in [0.2, 0.25) is 0 Å². The molecule has 2 atom stereocenters. The van der Waals surface area contributed by atoms with E-state index in [1.54, 1.807) is 0 Å². The lowest BCUT2D eigenvalue weighted by atomic mass is 9.83. The van der Waals surface area contributed by atoms with Crippen molar-refractivity contribution in [3.8, 4) is 0 Å². The molecule has 0 aromatic rings. The summed E-state index contributed by atoms with van der Waals surface area (Å²) in [5.41, 5.74) is 0. The van der Waals surface area contributed by atoms with E-state index in [1.165, 1.54) is 135 Å². The topological polar surface area (TPSA) is 76.1 Å². The smallest absolute Gasteiger partial charge is 0.306 e. The van der Waals surface area contributed by atoms with E-state index in [0.29, 0.717) is 31.3 Å². The van der Waals surface area contributed by atoms with E-state index in [-0.39, 0.29) is 24.6 Å². The van der Waals surface area contributed by atoms with Crippen molar-refractivity contribution < 1.29 is 24.2 Å². The lowest BCUT2D eigenvalue weighted by Crippen LogP contribution is -2.41. The van der Waals surface area contributed by atoms with Gasteiger partial charge in [0, 0.05) is 32.5 Å². The van der Waals surface area contributed by atoms with Crippen molar-refractivity contribution in [3.63, 3.8) is 0 Å². The van der Waals surface area contributed by atoms with Gasteiger partial charge in [0.15, 0.2) is 0 Å². The number of nitrogens with zero attached hydrogens (tertiary/aromatic N) is 1. The van der Waals surface area contributed by atoms with Crippen LogP contribution in [-0.4, -0.2) is 60.9 Å². The molecule has 0 radical (unpaired) electrons. The molecule has 51 heavy (non-hydrogen) atoms. The lowest BCUT2D eigenvalue weighted by molar-refractivity contribution is -0.150. The number of likely N-dealkylation sites (tertiary alicyclic amines) is 1. The summed E-state index contributed by atoms with van der Waals surface area (Å²) < 4.78 is 11.6. The fourth-order valence-electron chi connectivity index (χ4n) is 8.06. The molecular formula is C45H87NO5. The number of aliphatic hydroxyl groups excluding tert-OH is 1. The van der Waals surface area contributed by atoms with E-state index < -0.39 is 0 Å². The molecule has 1 heterocycles. The van der Waals surface area contributed by atoms with Crippen LogP contribution in [0, 0.1) is 11.8 Å². The first-order valence-corrected chi connectivity index (χ1v) is 22.7. The fourth-order valence-corrected chi connectivity index (χ4v) is 8.06. The van der Waals surface area contributed by atoms with Gasteiger partial charge in [0.25, 0.3) is 0 Å². The molecule has 0 aromatic carbocycles. The van der Waals surface area contributed by atoms with Crippen molar-refractivity contribution in [1.29, 1.82) is 0 Å². The van der Waals surface area contributed by atoms with E-state index in [2.05, 4.69) is 25.7 Å². The Bertz CT molecular complexity index is 760. The molecule has 6 nitrogen and oxygen atoms in total. The molecule has 1 aliphatic rings. The zero-order valence-corrected chi connectivity index (χ0v) is 34.4. The van der Waals surface area contributed by atoms with Crippen LogP contribution in [0.2, 0.25) is 0 Å². The predicted molar refractivity (Wildman–Crippen MR) is 216 cm³/mol. The number of ether oxygens (including phenoxy) is 2. The molecule has 1 rings (SSSR count). The summed E-state index contributed by atoms with van der Waals surface area (Å²) >= 11 is 0. The lowest BCUT2D eigenvalue weighted by Gasteiger charge is -2.38. The van der Waals surface area contributed by atoms with E-state index in [4.69, 9.17) is 9.47 Å². The molecule has 6 heteroatoms. The second-order valence-corrected chi connectivity index (χ2v) is 16.2. The monoisotopic (exact) mass is 722 g/mol. The van der Waals surface area contributed by atoms with Gasteiger partial charge in [-0.2, -0.15) is 0 Å². The number of carbonyl (C=O) groups excluding carboxylic acids is 2. The van der Waals surface area contributed by atoms with E-state index >= 15 is 0 Å². The number of β-amino-alcohol motifs (C(OH)–C–C–N with tert-alkyl or cyclic N) is 1. The standard InChI is InChI=1S/C45H87NO5/c1-4-7-10-13-16-17-18-21-27-37-50-44(48)34-28-30-42-38-41(39-46(40-42)35-36-47)29-23-22-26-33-45(49)51-43(31-24-19-14-11-8-5-2)32-25-20-15-12-9-6-3/h41-43,47H,4-40H2,1-3H3. The van der Waals surface area contributed by atoms with Crippen LogP contribution >= 0.6 is 0 Å². The van der Waals surface area contributed by atoms with Crippen LogP contribution in [0.4, 0.5) is 0 Å². The molecule has 0 amide bonds. The third-order valence-corrected chi connectivity index (χ3v) is 11.2. The number of unbranched alkanes of at least 4 members (excludes halogenated alkanes) is 20. The average molecular weight is 722 g/mol. The van der Waals surface area contributed by atoms with E-state index in [9.17, 15) is 14.7 Å². The Morgan fingerprint density at radius 2 is 1.02 bits per heavy atom. The SMILES string of the molecule is CCCCCCCCCCCOC(=O)CCCC1CC(CCCCCC(=O)OC(CCCCCCCC)CCCCCCCC)CN(CCO)C1. The van der Waals surface area contributed by atoms with Crippen molar-refractivity contribution in [1.82, 2.24) is 4.90 Å². The second-order valence-electron chi connectivity index (χ2n) is 16.2. The molecular weight excluding hydrogens is 634 g/mol. The van der Waals surface area contributed by atoms with Crippen LogP contribution < -0.4 is 0 Å². The Kier molecular flexibility index (Phi) is 33.7. The Labute approximate surface area is 317 Å². The molecule has 0 saturated carbocycles. The van der Waals surface area contributed by atoms with Crippen LogP contribution in [0.15, 0.2) is 0 Å². The van der Waals surface area contributed by atoms with Gasteiger partial charge in [-0.15, -0.1) is 0 Å². The highest BCUT2D eigenvalue weighted by atomic mass is 16.5. The molecule has 0 spiro atoms. The van der Waals surface area contributed by atoms with Gasteiger partial charge >= 0.3 is 11.9 Å². The Morgan fingerprint density at radius 3 is 1.55 bits per heavy atom. The van der Waals surface area contributed by atoms with Crippen molar-refractivity contribution in [3.05, 3.63) is 0 Å². The normalized spacial score (nSPS) is 16.6. The average Bonchev–Trinajstić information content (AvgIpc) is 3.11. The second kappa shape index (κ2) is 35.9. The third-order valence-electron chi connectivity index (χ3n) is 11.2. The largest absolute Gasteiger partial charge is 0.466 e. The highest BCUT2D eigenvalue weighted by Crippen LogP contribution is 2.29. The first kappa shape index (κ1) is 47.9. The van der Waals surface area contributed by atoms with Gasteiger partial charge in [-0.1, -0.05) is 149 Å². The number of rotatable bonds is 37. The third kappa shape index (κ3) is 29.9. The molecule has 302 valence electrons. The summed E-state index contributed by atoms with van der Waals surface area (Å²) in [6.45, 7) is 10.4. The van der Waals surface area contributed by atoms with Gasteiger partial charge in [-0.25, -0.2) is 0 Å². The highest BCUT2D eigenvalue weighted by molar-refractivity contribution is 5.69. The number of hydrogen-bond acceptors (Lipinski definition) is 6. The first-order valence-electron chi connectivity index (χ1n) is 22.7. The maximum atomic E-state index is 12.8. The molecule has 1 saturated heterocycles. The Hall–Kier alpha value is -1.14. The molecule has 0 aromatic heterocycles. The van der Waals surface area contributed by atoms with Crippen LogP contribution in [0.1, 0.15) is 226 Å². The Morgan fingerprint density at radius 1 is 0.569 bits per heavy atom. The van der Waals surface area contributed by atoms with Gasteiger partial charge in [0.05, 0.1) is 13.2 Å². The van der Waals surface area contributed by atoms with Crippen molar-refractivity contribution in [2.75, 3.05) is 32.8 Å². The molecule has 2 unspecified atom stereocenters. The number of aliphatic hydroxyl groups is 1. The maximum absolute atomic E-state index is 12.8. The summed E-state index contributed by atoms with van der Waals surface area (Å²) in [6, 6.07) is 0. The maximum Gasteiger partial charge on any atom is 0.306 e. The zero-order chi connectivity index (χ0) is 37.0. The van der Waals surface area contributed by atoms with Gasteiger partial charge in [-0.05, 0) is 76.0 Å². The fraction of sp³-hybridized carbons (Fsp3) is 0.956. The molecule has 0 bridgehead atoms. The van der Waals surface area contributed by atoms with Crippen molar-refractivity contribution in [2.45, 2.75) is 232 Å². The highest BCUT2D eigenvalue weighted by Gasteiger charge is 2.26. The van der Waals surface area contributed by atoms with E-state index in [1.807, 2.05) is 0 Å². The summed E-state index contributed by atoms with van der Waals surface area (Å²) in [5.74, 6) is 1.17. The van der Waals surface area contributed by atoms with Gasteiger partial charge < -0.3 is 19.5 Å². The summed E-state index contributed by atoms with van der Waals surface area (Å²) in [7, 11) is 0. The molecule has 0 aliphatic carbocycles. The predicted octanol–water partition coefficient (Wildman–Crippen LogP) is 12.5. The van der Waals surface area contributed by atoms with Crippen molar-refractivity contribution >= 4 is 11.9 Å². The summed E-state index contributed by atoms with van der Waals surface area (Å²) in [6.07, 6.45) is 37.5. The van der Waals surface area contributed by atoms with Gasteiger partial charge in [-0.3, -0.25) is 9.59 Å². The zero-order valence-electron chi connectivity index (χ0n) is 34.4. The van der Waals surface area contributed by atoms with Crippen molar-refractivity contribution in [2.24, 2.45) is 11.8 Å². The minimum absolute atomic E-state index is 0.00973.